The third kappa shape index (κ3) is 6.14. The molecule has 0 fully saturated rings. The molecule has 0 saturated heterocycles. The fraction of sp³-hybridized carbons (Fsp3) is 0.600. The molecule has 0 spiro atoms. The second-order valence-corrected chi connectivity index (χ2v) is 4.91. The summed E-state index contributed by atoms with van der Waals surface area (Å²) in [6, 6.07) is 6.71. The van der Waals surface area contributed by atoms with Crippen molar-refractivity contribution < 1.29 is 13.9 Å². The van der Waals surface area contributed by atoms with E-state index in [0.717, 1.165) is 6.61 Å². The average molecular weight is 269 g/mol. The standard InChI is InChI=1S/C15H24FNO2/c1-12(2)11-18-8-9-19-15(10-17-3)13-6-4-5-7-14(13)16/h4-7,12,15,17H,8-11H2,1-3H3. The van der Waals surface area contributed by atoms with Crippen LogP contribution in [0.1, 0.15) is 25.5 Å². The van der Waals surface area contributed by atoms with Gasteiger partial charge in [0.15, 0.2) is 0 Å². The van der Waals surface area contributed by atoms with Crippen molar-refractivity contribution in [3.63, 3.8) is 0 Å². The largest absolute Gasteiger partial charge is 0.379 e. The molecule has 108 valence electrons. The van der Waals surface area contributed by atoms with Crippen molar-refractivity contribution in [2.24, 2.45) is 5.92 Å². The van der Waals surface area contributed by atoms with Crippen LogP contribution in [-0.4, -0.2) is 33.4 Å². The molecule has 1 aromatic rings. The van der Waals surface area contributed by atoms with Gasteiger partial charge in [0.1, 0.15) is 5.82 Å². The molecule has 1 aromatic carbocycles. The Morgan fingerprint density at radius 2 is 1.95 bits per heavy atom. The molecule has 0 heterocycles. The van der Waals surface area contributed by atoms with E-state index in [-0.39, 0.29) is 11.9 Å². The van der Waals surface area contributed by atoms with Gasteiger partial charge in [-0.15, -0.1) is 0 Å². The SMILES string of the molecule is CNCC(OCCOCC(C)C)c1ccccc1F. The van der Waals surface area contributed by atoms with Crippen LogP contribution in [0.4, 0.5) is 4.39 Å². The first kappa shape index (κ1) is 16.1. The molecule has 1 unspecified atom stereocenters. The van der Waals surface area contributed by atoms with Gasteiger partial charge in [-0.05, 0) is 19.0 Å². The lowest BCUT2D eigenvalue weighted by Crippen LogP contribution is -2.22. The Balaban J connectivity index is 2.43. The van der Waals surface area contributed by atoms with E-state index in [1.54, 1.807) is 12.1 Å². The lowest BCUT2D eigenvalue weighted by molar-refractivity contribution is -0.00189. The topological polar surface area (TPSA) is 30.5 Å². The predicted molar refractivity (Wildman–Crippen MR) is 74.7 cm³/mol. The highest BCUT2D eigenvalue weighted by molar-refractivity contribution is 5.20. The molecule has 1 atom stereocenters. The van der Waals surface area contributed by atoms with Crippen LogP contribution in [0, 0.1) is 11.7 Å². The maximum absolute atomic E-state index is 13.7. The van der Waals surface area contributed by atoms with Gasteiger partial charge in [0.05, 0.1) is 19.3 Å². The summed E-state index contributed by atoms with van der Waals surface area (Å²) in [6.45, 7) is 6.50. The molecule has 3 nitrogen and oxygen atoms in total. The Morgan fingerprint density at radius 3 is 2.58 bits per heavy atom. The zero-order valence-electron chi connectivity index (χ0n) is 12.0. The first-order chi connectivity index (χ1) is 9.15. The van der Waals surface area contributed by atoms with E-state index in [1.165, 1.54) is 6.07 Å². The van der Waals surface area contributed by atoms with Gasteiger partial charge in [-0.2, -0.15) is 0 Å². The molecule has 4 heteroatoms. The minimum absolute atomic E-state index is 0.231. The molecule has 19 heavy (non-hydrogen) atoms. The Hall–Kier alpha value is -0.970. The minimum atomic E-state index is -0.283. The molecule has 0 aliphatic rings. The lowest BCUT2D eigenvalue weighted by atomic mass is 10.1. The number of hydrogen-bond donors (Lipinski definition) is 1. The number of nitrogens with one attached hydrogen (secondary N) is 1. The van der Waals surface area contributed by atoms with Crippen molar-refractivity contribution in [2.75, 3.05) is 33.4 Å². The average Bonchev–Trinajstić information content (AvgIpc) is 2.37. The second-order valence-electron chi connectivity index (χ2n) is 4.91. The number of hydrogen-bond acceptors (Lipinski definition) is 3. The zero-order valence-corrected chi connectivity index (χ0v) is 12.0. The summed E-state index contributed by atoms with van der Waals surface area (Å²) in [4.78, 5) is 0. The van der Waals surface area contributed by atoms with Crippen LogP contribution >= 0.6 is 0 Å². The highest BCUT2D eigenvalue weighted by atomic mass is 19.1. The molecule has 0 amide bonds. The van der Waals surface area contributed by atoms with E-state index >= 15 is 0 Å². The molecular formula is C15H24FNO2. The maximum atomic E-state index is 13.7. The minimum Gasteiger partial charge on any atom is -0.379 e. The van der Waals surface area contributed by atoms with Crippen molar-refractivity contribution in [2.45, 2.75) is 20.0 Å². The van der Waals surface area contributed by atoms with E-state index in [4.69, 9.17) is 9.47 Å². The van der Waals surface area contributed by atoms with E-state index in [9.17, 15) is 4.39 Å². The monoisotopic (exact) mass is 269 g/mol. The smallest absolute Gasteiger partial charge is 0.129 e. The summed E-state index contributed by atoms with van der Waals surface area (Å²) in [7, 11) is 1.83. The van der Waals surface area contributed by atoms with E-state index in [0.29, 0.717) is 31.2 Å². The Kier molecular flexibility index (Phi) is 7.63. The first-order valence-electron chi connectivity index (χ1n) is 6.73. The Bertz CT molecular complexity index is 358. The molecule has 0 saturated carbocycles. The number of ether oxygens (including phenoxy) is 2. The highest BCUT2D eigenvalue weighted by Gasteiger charge is 2.15. The summed E-state index contributed by atoms with van der Waals surface area (Å²) < 4.78 is 24.9. The van der Waals surface area contributed by atoms with Gasteiger partial charge in [0, 0.05) is 18.7 Å². The molecule has 0 radical (unpaired) electrons. The van der Waals surface area contributed by atoms with Gasteiger partial charge in [0.2, 0.25) is 0 Å². The van der Waals surface area contributed by atoms with E-state index in [1.807, 2.05) is 13.1 Å². The summed E-state index contributed by atoms with van der Waals surface area (Å²) in [5, 5.41) is 3.02. The third-order valence-electron chi connectivity index (χ3n) is 2.64. The van der Waals surface area contributed by atoms with Gasteiger partial charge in [-0.25, -0.2) is 4.39 Å². The summed E-state index contributed by atoms with van der Waals surface area (Å²) >= 11 is 0. The predicted octanol–water partition coefficient (Wildman–Crippen LogP) is 2.78. The van der Waals surface area contributed by atoms with Crippen LogP contribution in [0.3, 0.4) is 0 Å². The molecule has 1 rings (SSSR count). The number of halogens is 1. The first-order valence-corrected chi connectivity index (χ1v) is 6.73. The number of likely N-dealkylation sites (N-methyl/N-ethyl adjacent to an activating group) is 1. The van der Waals surface area contributed by atoms with Crippen molar-refractivity contribution >= 4 is 0 Å². The number of benzene rings is 1. The molecule has 0 bridgehead atoms. The van der Waals surface area contributed by atoms with Gasteiger partial charge in [-0.3, -0.25) is 0 Å². The summed E-state index contributed by atoms with van der Waals surface area (Å²) in [5.74, 6) is 0.283. The second kappa shape index (κ2) is 9.02. The lowest BCUT2D eigenvalue weighted by Gasteiger charge is -2.19. The summed E-state index contributed by atoms with van der Waals surface area (Å²) in [6.07, 6.45) is -0.283. The van der Waals surface area contributed by atoms with E-state index in [2.05, 4.69) is 19.2 Å². The quantitative estimate of drug-likeness (QED) is 0.699. The number of rotatable bonds is 9. The van der Waals surface area contributed by atoms with Crippen LogP contribution < -0.4 is 5.32 Å². The molecule has 0 aliphatic carbocycles. The van der Waals surface area contributed by atoms with Crippen molar-refractivity contribution in [1.82, 2.24) is 5.32 Å². The van der Waals surface area contributed by atoms with Crippen LogP contribution in [0.25, 0.3) is 0 Å². The van der Waals surface area contributed by atoms with E-state index < -0.39 is 0 Å². The molecule has 0 aromatic heterocycles. The van der Waals surface area contributed by atoms with Crippen molar-refractivity contribution in [3.05, 3.63) is 35.6 Å². The van der Waals surface area contributed by atoms with Crippen LogP contribution in [0.5, 0.6) is 0 Å². The van der Waals surface area contributed by atoms with Gasteiger partial charge < -0.3 is 14.8 Å². The highest BCUT2D eigenvalue weighted by Crippen LogP contribution is 2.19. The molecular weight excluding hydrogens is 245 g/mol. The van der Waals surface area contributed by atoms with Gasteiger partial charge in [-0.1, -0.05) is 32.0 Å². The zero-order chi connectivity index (χ0) is 14.1. The fourth-order valence-corrected chi connectivity index (χ4v) is 1.75. The summed E-state index contributed by atoms with van der Waals surface area (Å²) in [5.41, 5.74) is 0.584. The Morgan fingerprint density at radius 1 is 1.21 bits per heavy atom. The van der Waals surface area contributed by atoms with Crippen molar-refractivity contribution in [1.29, 1.82) is 0 Å². The Labute approximate surface area is 115 Å². The van der Waals surface area contributed by atoms with Crippen LogP contribution in [-0.2, 0) is 9.47 Å². The van der Waals surface area contributed by atoms with Gasteiger partial charge in [0.25, 0.3) is 0 Å². The maximum Gasteiger partial charge on any atom is 0.129 e. The van der Waals surface area contributed by atoms with Gasteiger partial charge >= 0.3 is 0 Å². The van der Waals surface area contributed by atoms with Crippen LogP contribution in [0.2, 0.25) is 0 Å². The molecule has 0 aliphatic heterocycles. The van der Waals surface area contributed by atoms with Crippen LogP contribution in [0.15, 0.2) is 24.3 Å². The van der Waals surface area contributed by atoms with Crippen molar-refractivity contribution in [3.8, 4) is 0 Å². The third-order valence-corrected chi connectivity index (χ3v) is 2.64. The molecule has 1 N–H and O–H groups in total. The fourth-order valence-electron chi connectivity index (χ4n) is 1.75. The normalized spacial score (nSPS) is 12.9.